The number of amides is 1. The van der Waals surface area contributed by atoms with Gasteiger partial charge in [-0.25, -0.2) is 4.98 Å². The van der Waals surface area contributed by atoms with Crippen LogP contribution in [0.3, 0.4) is 0 Å². The van der Waals surface area contributed by atoms with Crippen molar-refractivity contribution in [3.63, 3.8) is 0 Å². The highest BCUT2D eigenvalue weighted by molar-refractivity contribution is 5.75. The minimum Gasteiger partial charge on any atom is -0.481 e. The van der Waals surface area contributed by atoms with Crippen LogP contribution in [0.25, 0.3) is 0 Å². The van der Waals surface area contributed by atoms with Gasteiger partial charge >= 0.3 is 0 Å². The highest BCUT2D eigenvalue weighted by Crippen LogP contribution is 2.19. The summed E-state index contributed by atoms with van der Waals surface area (Å²) in [5.41, 5.74) is 4.72. The standard InChI is InChI=1S/C11H18N4O2/c1-7-13-9(5-10(14-7)17-4)15-11(2,3)6-8(12)16/h5H,6H2,1-4H3,(H2,12,16)(H,13,14,15). The predicted molar refractivity (Wildman–Crippen MR) is 64.8 cm³/mol. The number of primary amides is 1. The van der Waals surface area contributed by atoms with Crippen LogP contribution in [-0.4, -0.2) is 28.5 Å². The minimum absolute atomic E-state index is 0.221. The molecule has 0 bridgehead atoms. The van der Waals surface area contributed by atoms with Crippen LogP contribution in [0.1, 0.15) is 26.1 Å². The molecular formula is C11H18N4O2. The third kappa shape index (κ3) is 4.26. The summed E-state index contributed by atoms with van der Waals surface area (Å²) in [5, 5.41) is 3.13. The molecule has 0 atom stereocenters. The SMILES string of the molecule is COc1cc(NC(C)(C)CC(N)=O)nc(C)n1. The van der Waals surface area contributed by atoms with E-state index in [4.69, 9.17) is 10.5 Å². The van der Waals surface area contributed by atoms with Gasteiger partial charge in [-0.1, -0.05) is 0 Å². The molecule has 6 heteroatoms. The molecule has 1 aromatic heterocycles. The molecule has 0 unspecified atom stereocenters. The summed E-state index contributed by atoms with van der Waals surface area (Å²) in [6.45, 7) is 5.53. The lowest BCUT2D eigenvalue weighted by Crippen LogP contribution is -2.36. The molecule has 0 aromatic carbocycles. The van der Waals surface area contributed by atoms with Gasteiger partial charge in [-0.05, 0) is 20.8 Å². The van der Waals surface area contributed by atoms with Gasteiger partial charge in [0, 0.05) is 18.0 Å². The van der Waals surface area contributed by atoms with E-state index in [2.05, 4.69) is 15.3 Å². The van der Waals surface area contributed by atoms with Gasteiger partial charge < -0.3 is 15.8 Å². The highest BCUT2D eigenvalue weighted by Gasteiger charge is 2.21. The molecular weight excluding hydrogens is 220 g/mol. The maximum Gasteiger partial charge on any atom is 0.219 e. The summed E-state index contributed by atoms with van der Waals surface area (Å²) in [4.78, 5) is 19.2. The van der Waals surface area contributed by atoms with Crippen molar-refractivity contribution in [2.24, 2.45) is 5.73 Å². The van der Waals surface area contributed by atoms with E-state index in [1.165, 1.54) is 0 Å². The van der Waals surface area contributed by atoms with Gasteiger partial charge in [0.05, 0.1) is 7.11 Å². The first-order valence-electron chi connectivity index (χ1n) is 5.28. The molecule has 0 aliphatic carbocycles. The quantitative estimate of drug-likeness (QED) is 0.794. The fourth-order valence-electron chi connectivity index (χ4n) is 1.54. The number of nitrogens with zero attached hydrogens (tertiary/aromatic N) is 2. The zero-order valence-corrected chi connectivity index (χ0v) is 10.6. The lowest BCUT2D eigenvalue weighted by atomic mass is 10.0. The van der Waals surface area contributed by atoms with Crippen LogP contribution < -0.4 is 15.8 Å². The Morgan fingerprint density at radius 3 is 2.71 bits per heavy atom. The second-order valence-corrected chi connectivity index (χ2v) is 4.49. The molecule has 0 saturated heterocycles. The van der Waals surface area contributed by atoms with Crippen LogP contribution in [0.4, 0.5) is 5.82 Å². The molecule has 1 aromatic rings. The van der Waals surface area contributed by atoms with E-state index in [0.29, 0.717) is 17.5 Å². The van der Waals surface area contributed by atoms with Crippen molar-refractivity contribution in [3.8, 4) is 5.88 Å². The minimum atomic E-state index is -0.461. The average Bonchev–Trinajstić information content (AvgIpc) is 2.13. The number of methoxy groups -OCH3 is 1. The van der Waals surface area contributed by atoms with E-state index in [9.17, 15) is 4.79 Å². The van der Waals surface area contributed by atoms with Crippen LogP contribution in [0, 0.1) is 6.92 Å². The Morgan fingerprint density at radius 2 is 2.18 bits per heavy atom. The lowest BCUT2D eigenvalue weighted by Gasteiger charge is -2.25. The first-order valence-corrected chi connectivity index (χ1v) is 5.28. The van der Waals surface area contributed by atoms with Gasteiger partial charge in [0.25, 0.3) is 0 Å². The van der Waals surface area contributed by atoms with Crippen LogP contribution in [0.2, 0.25) is 0 Å². The Kier molecular flexibility index (Phi) is 3.88. The maximum absolute atomic E-state index is 10.9. The van der Waals surface area contributed by atoms with E-state index >= 15 is 0 Å². The van der Waals surface area contributed by atoms with E-state index in [1.54, 1.807) is 20.1 Å². The summed E-state index contributed by atoms with van der Waals surface area (Å²) in [5.74, 6) is 1.33. The van der Waals surface area contributed by atoms with Crippen LogP contribution in [0.15, 0.2) is 6.07 Å². The molecule has 0 fully saturated rings. The lowest BCUT2D eigenvalue weighted by molar-refractivity contribution is -0.118. The van der Waals surface area contributed by atoms with Crippen molar-refractivity contribution < 1.29 is 9.53 Å². The number of aromatic nitrogens is 2. The van der Waals surface area contributed by atoms with Crippen LogP contribution in [0.5, 0.6) is 5.88 Å². The Labute approximate surface area is 101 Å². The Bertz CT molecular complexity index is 418. The Balaban J connectivity index is 2.87. The van der Waals surface area contributed by atoms with Crippen molar-refractivity contribution in [1.29, 1.82) is 0 Å². The summed E-state index contributed by atoms with van der Waals surface area (Å²) in [6, 6.07) is 1.68. The molecule has 3 N–H and O–H groups in total. The van der Waals surface area contributed by atoms with E-state index < -0.39 is 5.54 Å². The zero-order chi connectivity index (χ0) is 13.1. The van der Waals surface area contributed by atoms with Gasteiger partial charge in [-0.3, -0.25) is 4.79 Å². The molecule has 0 aliphatic rings. The fourth-order valence-corrected chi connectivity index (χ4v) is 1.54. The van der Waals surface area contributed by atoms with Crippen LogP contribution >= 0.6 is 0 Å². The van der Waals surface area contributed by atoms with E-state index in [-0.39, 0.29) is 12.3 Å². The van der Waals surface area contributed by atoms with E-state index in [0.717, 1.165) is 0 Å². The third-order valence-electron chi connectivity index (χ3n) is 2.11. The largest absolute Gasteiger partial charge is 0.481 e. The smallest absolute Gasteiger partial charge is 0.219 e. The van der Waals surface area contributed by atoms with Gasteiger partial charge in [0.15, 0.2) is 0 Å². The van der Waals surface area contributed by atoms with Crippen LogP contribution in [-0.2, 0) is 4.79 Å². The maximum atomic E-state index is 10.9. The number of nitrogens with two attached hydrogens (primary N) is 1. The normalized spacial score (nSPS) is 11.1. The number of anilines is 1. The average molecular weight is 238 g/mol. The Morgan fingerprint density at radius 1 is 1.53 bits per heavy atom. The zero-order valence-electron chi connectivity index (χ0n) is 10.6. The molecule has 1 amide bonds. The van der Waals surface area contributed by atoms with Crippen molar-refractivity contribution in [2.75, 3.05) is 12.4 Å². The fraction of sp³-hybridized carbons (Fsp3) is 0.545. The molecule has 17 heavy (non-hydrogen) atoms. The third-order valence-corrected chi connectivity index (χ3v) is 2.11. The second kappa shape index (κ2) is 4.99. The molecule has 0 saturated carbocycles. The first-order chi connectivity index (χ1) is 7.82. The number of hydrogen-bond acceptors (Lipinski definition) is 5. The number of ether oxygens (including phenoxy) is 1. The van der Waals surface area contributed by atoms with Gasteiger partial charge in [0.2, 0.25) is 11.8 Å². The van der Waals surface area contributed by atoms with Crippen molar-refractivity contribution in [2.45, 2.75) is 32.7 Å². The second-order valence-electron chi connectivity index (χ2n) is 4.49. The van der Waals surface area contributed by atoms with Gasteiger partial charge in [-0.15, -0.1) is 0 Å². The molecule has 0 spiro atoms. The Hall–Kier alpha value is -1.85. The molecule has 0 radical (unpaired) electrons. The molecule has 1 heterocycles. The number of nitrogens with one attached hydrogen (secondary N) is 1. The van der Waals surface area contributed by atoms with Gasteiger partial charge in [-0.2, -0.15) is 4.98 Å². The summed E-state index contributed by atoms with van der Waals surface area (Å²) >= 11 is 0. The summed E-state index contributed by atoms with van der Waals surface area (Å²) in [7, 11) is 1.54. The highest BCUT2D eigenvalue weighted by atomic mass is 16.5. The number of aryl methyl sites for hydroxylation is 1. The number of hydrogen-bond donors (Lipinski definition) is 2. The topological polar surface area (TPSA) is 90.1 Å². The monoisotopic (exact) mass is 238 g/mol. The summed E-state index contributed by atoms with van der Waals surface area (Å²) < 4.78 is 5.05. The molecule has 0 aliphatic heterocycles. The summed E-state index contributed by atoms with van der Waals surface area (Å²) in [6.07, 6.45) is 0.221. The van der Waals surface area contributed by atoms with Gasteiger partial charge in [0.1, 0.15) is 11.6 Å². The number of carbonyl (C=O) groups excluding carboxylic acids is 1. The van der Waals surface area contributed by atoms with Crippen molar-refractivity contribution >= 4 is 11.7 Å². The molecule has 6 nitrogen and oxygen atoms in total. The molecule has 94 valence electrons. The van der Waals surface area contributed by atoms with E-state index in [1.807, 2.05) is 13.8 Å². The first kappa shape index (κ1) is 13.2. The van der Waals surface area contributed by atoms with Crippen molar-refractivity contribution in [3.05, 3.63) is 11.9 Å². The number of rotatable bonds is 5. The number of carbonyl (C=O) groups is 1. The predicted octanol–water partition coefficient (Wildman–Crippen LogP) is 0.860. The molecule has 1 rings (SSSR count). The van der Waals surface area contributed by atoms with Crippen molar-refractivity contribution in [1.82, 2.24) is 9.97 Å².